The minimum Gasteiger partial charge on any atom is -0.465 e. The van der Waals surface area contributed by atoms with Crippen molar-refractivity contribution >= 4 is 28.6 Å². The molecule has 0 atom stereocenters. The zero-order chi connectivity index (χ0) is 18.7. The molecule has 0 aliphatic heterocycles. The van der Waals surface area contributed by atoms with Crippen molar-refractivity contribution in [2.24, 2.45) is 0 Å². The van der Waals surface area contributed by atoms with E-state index in [4.69, 9.17) is 11.6 Å². The van der Waals surface area contributed by atoms with Gasteiger partial charge in [-0.15, -0.1) is 0 Å². The van der Waals surface area contributed by atoms with Crippen LogP contribution in [0.1, 0.15) is 24.5 Å². The lowest BCUT2D eigenvalue weighted by Gasteiger charge is -2.18. The SMILES string of the molecule is CCCN(Cc1cncc(-c2[nH]c3cc(Cl)ccc3c2C#N)c1)C(=O)O. The summed E-state index contributed by atoms with van der Waals surface area (Å²) in [4.78, 5) is 20.1. The molecule has 1 amide bonds. The number of nitrogens with one attached hydrogen (secondary N) is 1. The Hall–Kier alpha value is -3.04. The van der Waals surface area contributed by atoms with Crippen LogP contribution in [0.5, 0.6) is 0 Å². The number of hydrogen-bond acceptors (Lipinski definition) is 3. The maximum Gasteiger partial charge on any atom is 0.407 e. The quantitative estimate of drug-likeness (QED) is 0.685. The third kappa shape index (κ3) is 3.48. The van der Waals surface area contributed by atoms with Crippen LogP contribution in [0, 0.1) is 11.3 Å². The standard InChI is InChI=1S/C19H17ClN4O2/c1-2-5-24(19(25)26)11-12-6-13(10-22-9-12)18-16(8-21)15-4-3-14(20)7-17(15)23-18/h3-4,6-7,9-10,23H,2,5,11H2,1H3,(H,25,26). The lowest BCUT2D eigenvalue weighted by molar-refractivity contribution is 0.142. The summed E-state index contributed by atoms with van der Waals surface area (Å²) in [7, 11) is 0. The van der Waals surface area contributed by atoms with Gasteiger partial charge in [0.1, 0.15) is 6.07 Å². The number of benzene rings is 1. The highest BCUT2D eigenvalue weighted by Gasteiger charge is 2.16. The first kappa shape index (κ1) is 17.8. The first-order chi connectivity index (χ1) is 12.5. The van der Waals surface area contributed by atoms with Crippen LogP contribution in [0.15, 0.2) is 36.7 Å². The zero-order valence-electron chi connectivity index (χ0n) is 14.2. The fraction of sp³-hybridized carbons (Fsp3) is 0.211. The number of carbonyl (C=O) groups is 1. The van der Waals surface area contributed by atoms with Gasteiger partial charge in [0.25, 0.3) is 0 Å². The molecule has 1 aromatic carbocycles. The number of halogens is 1. The normalized spacial score (nSPS) is 10.7. The number of fused-ring (bicyclic) bond motifs is 1. The van der Waals surface area contributed by atoms with Gasteiger partial charge in [0.15, 0.2) is 0 Å². The molecule has 2 aromatic heterocycles. The topological polar surface area (TPSA) is 93.0 Å². The molecule has 0 saturated heterocycles. The lowest BCUT2D eigenvalue weighted by Crippen LogP contribution is -2.29. The Morgan fingerprint density at radius 2 is 2.19 bits per heavy atom. The van der Waals surface area contributed by atoms with Crippen LogP contribution in [-0.4, -0.2) is 32.6 Å². The molecule has 0 unspecified atom stereocenters. The molecule has 0 fully saturated rings. The Labute approximate surface area is 155 Å². The van der Waals surface area contributed by atoms with E-state index in [1.165, 1.54) is 4.90 Å². The third-order valence-corrected chi connectivity index (χ3v) is 4.33. The molecule has 0 bridgehead atoms. The van der Waals surface area contributed by atoms with E-state index >= 15 is 0 Å². The highest BCUT2D eigenvalue weighted by molar-refractivity contribution is 6.31. The summed E-state index contributed by atoms with van der Waals surface area (Å²) in [5.74, 6) is 0. The summed E-state index contributed by atoms with van der Waals surface area (Å²) in [5, 5.41) is 20.3. The molecule has 3 aromatic rings. The molecule has 0 aliphatic carbocycles. The van der Waals surface area contributed by atoms with E-state index in [2.05, 4.69) is 16.0 Å². The van der Waals surface area contributed by atoms with Crippen LogP contribution in [0.3, 0.4) is 0 Å². The highest BCUT2D eigenvalue weighted by Crippen LogP contribution is 2.31. The largest absolute Gasteiger partial charge is 0.465 e. The fourth-order valence-electron chi connectivity index (χ4n) is 2.95. The zero-order valence-corrected chi connectivity index (χ0v) is 14.9. The van der Waals surface area contributed by atoms with Gasteiger partial charge in [-0.25, -0.2) is 4.79 Å². The number of aromatic amines is 1. The lowest BCUT2D eigenvalue weighted by atomic mass is 10.1. The summed E-state index contributed by atoms with van der Waals surface area (Å²) in [6.07, 6.45) is 3.07. The number of amides is 1. The number of nitriles is 1. The van der Waals surface area contributed by atoms with Crippen molar-refractivity contribution in [2.75, 3.05) is 6.54 Å². The van der Waals surface area contributed by atoms with E-state index in [0.717, 1.165) is 28.5 Å². The van der Waals surface area contributed by atoms with Crippen LogP contribution >= 0.6 is 11.6 Å². The Morgan fingerprint density at radius 1 is 1.38 bits per heavy atom. The van der Waals surface area contributed by atoms with Crippen molar-refractivity contribution in [3.05, 3.63) is 52.8 Å². The second kappa shape index (κ2) is 7.46. The number of carboxylic acid groups (broad SMARTS) is 1. The second-order valence-electron chi connectivity index (χ2n) is 5.96. The summed E-state index contributed by atoms with van der Waals surface area (Å²) in [6.45, 7) is 2.63. The maximum atomic E-state index is 11.3. The van der Waals surface area contributed by atoms with Gasteiger partial charge in [-0.1, -0.05) is 18.5 Å². The fourth-order valence-corrected chi connectivity index (χ4v) is 3.12. The molecular weight excluding hydrogens is 352 g/mol. The smallest absolute Gasteiger partial charge is 0.407 e. The summed E-state index contributed by atoms with van der Waals surface area (Å²) >= 11 is 6.03. The van der Waals surface area contributed by atoms with Gasteiger partial charge < -0.3 is 15.0 Å². The van der Waals surface area contributed by atoms with Gasteiger partial charge in [-0.05, 0) is 36.2 Å². The van der Waals surface area contributed by atoms with E-state index in [-0.39, 0.29) is 6.54 Å². The van der Waals surface area contributed by atoms with E-state index in [9.17, 15) is 15.2 Å². The summed E-state index contributed by atoms with van der Waals surface area (Å²) in [5.41, 5.74) is 3.43. The average molecular weight is 369 g/mol. The molecule has 0 spiro atoms. The van der Waals surface area contributed by atoms with Gasteiger partial charge in [-0.2, -0.15) is 5.26 Å². The Bertz CT molecular complexity index is 1010. The number of nitrogens with zero attached hydrogens (tertiary/aromatic N) is 3. The monoisotopic (exact) mass is 368 g/mol. The molecule has 6 nitrogen and oxygen atoms in total. The Morgan fingerprint density at radius 3 is 2.88 bits per heavy atom. The van der Waals surface area contributed by atoms with E-state index in [1.807, 2.05) is 13.0 Å². The molecule has 0 radical (unpaired) electrons. The minimum atomic E-state index is -0.963. The molecule has 26 heavy (non-hydrogen) atoms. The van der Waals surface area contributed by atoms with Crippen molar-refractivity contribution < 1.29 is 9.90 Å². The molecule has 7 heteroatoms. The molecule has 2 heterocycles. The summed E-state index contributed by atoms with van der Waals surface area (Å²) in [6, 6.07) is 9.40. The van der Waals surface area contributed by atoms with Crippen LogP contribution in [0.2, 0.25) is 5.02 Å². The van der Waals surface area contributed by atoms with Crippen LogP contribution in [0.4, 0.5) is 4.79 Å². The number of rotatable bonds is 5. The first-order valence-corrected chi connectivity index (χ1v) is 8.54. The Kier molecular flexibility index (Phi) is 5.10. The molecule has 2 N–H and O–H groups in total. The predicted octanol–water partition coefficient (Wildman–Crippen LogP) is 4.64. The molecule has 132 valence electrons. The molecular formula is C19H17ClN4O2. The molecule has 3 rings (SSSR count). The van der Waals surface area contributed by atoms with Crippen molar-refractivity contribution in [3.63, 3.8) is 0 Å². The molecule has 0 aliphatic rings. The number of hydrogen-bond donors (Lipinski definition) is 2. The molecule has 0 saturated carbocycles. The number of H-pyrrole nitrogens is 1. The van der Waals surface area contributed by atoms with Crippen LogP contribution < -0.4 is 0 Å². The third-order valence-electron chi connectivity index (χ3n) is 4.09. The maximum absolute atomic E-state index is 11.3. The van der Waals surface area contributed by atoms with E-state index < -0.39 is 6.09 Å². The number of pyridine rings is 1. The van der Waals surface area contributed by atoms with Crippen LogP contribution in [0.25, 0.3) is 22.2 Å². The highest BCUT2D eigenvalue weighted by atomic mass is 35.5. The minimum absolute atomic E-state index is 0.248. The van der Waals surface area contributed by atoms with Gasteiger partial charge >= 0.3 is 6.09 Å². The van der Waals surface area contributed by atoms with Gasteiger partial charge in [0.2, 0.25) is 0 Å². The van der Waals surface area contributed by atoms with Gasteiger partial charge in [0, 0.05) is 40.4 Å². The van der Waals surface area contributed by atoms with Gasteiger partial charge in [0.05, 0.1) is 17.8 Å². The van der Waals surface area contributed by atoms with Gasteiger partial charge in [-0.3, -0.25) is 4.98 Å². The van der Waals surface area contributed by atoms with Crippen LogP contribution in [-0.2, 0) is 6.54 Å². The average Bonchev–Trinajstić information content (AvgIpc) is 2.99. The number of aromatic nitrogens is 2. The van der Waals surface area contributed by atoms with Crippen molar-refractivity contribution in [3.8, 4) is 17.3 Å². The predicted molar refractivity (Wildman–Crippen MR) is 100.0 cm³/mol. The second-order valence-corrected chi connectivity index (χ2v) is 6.40. The van der Waals surface area contributed by atoms with Crippen molar-refractivity contribution in [2.45, 2.75) is 19.9 Å². The first-order valence-electron chi connectivity index (χ1n) is 8.17. The van der Waals surface area contributed by atoms with E-state index in [1.54, 1.807) is 30.6 Å². The van der Waals surface area contributed by atoms with Crippen molar-refractivity contribution in [1.82, 2.24) is 14.9 Å². The van der Waals surface area contributed by atoms with E-state index in [0.29, 0.717) is 22.8 Å². The summed E-state index contributed by atoms with van der Waals surface area (Å²) < 4.78 is 0. The van der Waals surface area contributed by atoms with Crippen molar-refractivity contribution in [1.29, 1.82) is 5.26 Å². The Balaban J connectivity index is 2.02.